The summed E-state index contributed by atoms with van der Waals surface area (Å²) in [6.45, 7) is 0.411. The highest BCUT2D eigenvalue weighted by molar-refractivity contribution is 5.70. The largest absolute Gasteiger partial charge is 0.384 e. The van der Waals surface area contributed by atoms with E-state index in [0.29, 0.717) is 6.54 Å². The van der Waals surface area contributed by atoms with Crippen LogP contribution in [-0.2, 0) is 0 Å². The van der Waals surface area contributed by atoms with Crippen LogP contribution in [0.5, 0.6) is 0 Å². The quantitative estimate of drug-likeness (QED) is 0.861. The lowest BCUT2D eigenvalue weighted by Gasteiger charge is -2.16. The summed E-state index contributed by atoms with van der Waals surface area (Å²) in [5, 5.41) is 10.4. The van der Waals surface area contributed by atoms with Gasteiger partial charge in [0, 0.05) is 6.54 Å². The lowest BCUT2D eigenvalue weighted by Crippen LogP contribution is -2.04. The number of aliphatic hydroxyl groups is 1. The van der Waals surface area contributed by atoms with Crippen molar-refractivity contribution in [3.8, 4) is 0 Å². The monoisotopic (exact) mass is 239 g/mol. The summed E-state index contributed by atoms with van der Waals surface area (Å²) in [4.78, 5) is 0. The lowest BCUT2D eigenvalue weighted by molar-refractivity contribution is 0.238. The predicted octanol–water partition coefficient (Wildman–Crippen LogP) is 2.76. The van der Waals surface area contributed by atoms with Crippen molar-refractivity contribution in [3.05, 3.63) is 77.9 Å². The van der Waals surface area contributed by atoms with Gasteiger partial charge in [-0.15, -0.1) is 0 Å². The summed E-state index contributed by atoms with van der Waals surface area (Å²) >= 11 is 0. The Morgan fingerprint density at radius 3 is 2.11 bits per heavy atom. The highest BCUT2D eigenvalue weighted by Gasteiger charge is 2.14. The molecule has 3 N–H and O–H groups in total. The van der Waals surface area contributed by atoms with Gasteiger partial charge >= 0.3 is 0 Å². The molecule has 0 fully saturated rings. The third kappa shape index (κ3) is 2.86. The van der Waals surface area contributed by atoms with Gasteiger partial charge in [-0.25, -0.2) is 0 Å². The van der Waals surface area contributed by atoms with Crippen molar-refractivity contribution < 1.29 is 5.11 Å². The zero-order chi connectivity index (χ0) is 12.8. The van der Waals surface area contributed by atoms with E-state index in [-0.39, 0.29) is 0 Å². The van der Waals surface area contributed by atoms with Gasteiger partial charge in [0.05, 0.1) is 0 Å². The molecule has 2 aromatic rings. The molecule has 0 aliphatic rings. The van der Waals surface area contributed by atoms with E-state index in [1.807, 2.05) is 66.7 Å². The minimum absolute atomic E-state index is 0.411. The number of aliphatic hydroxyl groups excluding tert-OH is 1. The van der Waals surface area contributed by atoms with Gasteiger partial charge < -0.3 is 10.8 Å². The Balaban J connectivity index is 2.35. The molecule has 2 heteroatoms. The summed E-state index contributed by atoms with van der Waals surface area (Å²) in [5.41, 5.74) is 8.32. The second kappa shape index (κ2) is 6.15. The topological polar surface area (TPSA) is 46.2 Å². The van der Waals surface area contributed by atoms with Gasteiger partial charge in [0.2, 0.25) is 0 Å². The minimum Gasteiger partial charge on any atom is -0.384 e. The maximum Gasteiger partial charge on any atom is 0.104 e. The molecule has 18 heavy (non-hydrogen) atoms. The Hall–Kier alpha value is -1.90. The molecule has 2 rings (SSSR count). The first-order chi connectivity index (χ1) is 8.83. The molecule has 1 atom stereocenters. The minimum atomic E-state index is -0.642. The fraction of sp³-hybridized carbons (Fsp3) is 0.125. The van der Waals surface area contributed by atoms with Crippen LogP contribution in [0, 0.1) is 0 Å². The fourth-order valence-corrected chi connectivity index (χ4v) is 1.96. The Bertz CT molecular complexity index is 505. The van der Waals surface area contributed by atoms with Crippen LogP contribution in [0.25, 0.3) is 5.57 Å². The van der Waals surface area contributed by atoms with Crippen LogP contribution >= 0.6 is 0 Å². The highest BCUT2D eigenvalue weighted by atomic mass is 16.3. The van der Waals surface area contributed by atoms with Crippen LogP contribution in [0.2, 0.25) is 0 Å². The molecule has 2 aromatic carbocycles. The average Bonchev–Trinajstić information content (AvgIpc) is 2.46. The van der Waals surface area contributed by atoms with Gasteiger partial charge in [0.1, 0.15) is 6.10 Å². The maximum atomic E-state index is 10.4. The fourth-order valence-electron chi connectivity index (χ4n) is 1.96. The Labute approximate surface area is 107 Å². The smallest absolute Gasteiger partial charge is 0.104 e. The number of hydrogen-bond acceptors (Lipinski definition) is 2. The summed E-state index contributed by atoms with van der Waals surface area (Å²) in [7, 11) is 0. The molecular weight excluding hydrogens is 222 g/mol. The SMILES string of the molecule is NC/C=C(\c1ccccc1)C(O)c1ccccc1. The standard InChI is InChI=1S/C16H17NO/c17-12-11-15(13-7-3-1-4-8-13)16(18)14-9-5-2-6-10-14/h1-11,16,18H,12,17H2/b15-11+. The van der Waals surface area contributed by atoms with E-state index in [0.717, 1.165) is 16.7 Å². The van der Waals surface area contributed by atoms with E-state index in [1.165, 1.54) is 0 Å². The van der Waals surface area contributed by atoms with Gasteiger partial charge in [-0.05, 0) is 16.7 Å². The first-order valence-corrected chi connectivity index (χ1v) is 6.01. The van der Waals surface area contributed by atoms with E-state index in [1.54, 1.807) is 0 Å². The van der Waals surface area contributed by atoms with Crippen molar-refractivity contribution in [2.75, 3.05) is 6.54 Å². The lowest BCUT2D eigenvalue weighted by atomic mass is 9.95. The summed E-state index contributed by atoms with van der Waals surface area (Å²) < 4.78 is 0. The normalized spacial score (nSPS) is 13.3. The van der Waals surface area contributed by atoms with E-state index in [4.69, 9.17) is 5.73 Å². The second-order valence-corrected chi connectivity index (χ2v) is 4.07. The Morgan fingerprint density at radius 2 is 1.56 bits per heavy atom. The zero-order valence-corrected chi connectivity index (χ0v) is 10.2. The predicted molar refractivity (Wildman–Crippen MR) is 74.9 cm³/mol. The number of nitrogens with two attached hydrogens (primary N) is 1. The molecule has 1 unspecified atom stereocenters. The van der Waals surface area contributed by atoms with Gasteiger partial charge in [-0.1, -0.05) is 66.7 Å². The molecule has 0 saturated carbocycles. The zero-order valence-electron chi connectivity index (χ0n) is 10.2. The molecule has 0 aromatic heterocycles. The summed E-state index contributed by atoms with van der Waals surface area (Å²) in [6.07, 6.45) is 1.23. The third-order valence-corrected chi connectivity index (χ3v) is 2.85. The van der Waals surface area contributed by atoms with Crippen molar-refractivity contribution in [2.24, 2.45) is 5.73 Å². The first kappa shape index (κ1) is 12.6. The van der Waals surface area contributed by atoms with Crippen LogP contribution < -0.4 is 5.73 Å². The molecule has 0 saturated heterocycles. The highest BCUT2D eigenvalue weighted by Crippen LogP contribution is 2.29. The molecule has 0 radical (unpaired) electrons. The molecule has 0 spiro atoms. The van der Waals surface area contributed by atoms with Crippen LogP contribution in [0.4, 0.5) is 0 Å². The molecule has 0 aliphatic heterocycles. The summed E-state index contributed by atoms with van der Waals surface area (Å²) in [6, 6.07) is 19.4. The van der Waals surface area contributed by atoms with Crippen molar-refractivity contribution >= 4 is 5.57 Å². The van der Waals surface area contributed by atoms with E-state index < -0.39 is 6.10 Å². The number of benzene rings is 2. The molecular formula is C16H17NO. The van der Waals surface area contributed by atoms with Gasteiger partial charge in [0.15, 0.2) is 0 Å². The van der Waals surface area contributed by atoms with Crippen molar-refractivity contribution in [1.82, 2.24) is 0 Å². The van der Waals surface area contributed by atoms with Crippen molar-refractivity contribution in [3.63, 3.8) is 0 Å². The number of hydrogen-bond donors (Lipinski definition) is 2. The van der Waals surface area contributed by atoms with E-state index in [2.05, 4.69) is 0 Å². The molecule has 92 valence electrons. The van der Waals surface area contributed by atoms with Gasteiger partial charge in [-0.3, -0.25) is 0 Å². The van der Waals surface area contributed by atoms with E-state index in [9.17, 15) is 5.11 Å². The van der Waals surface area contributed by atoms with Crippen LogP contribution in [0.15, 0.2) is 66.7 Å². The summed E-state index contributed by atoms with van der Waals surface area (Å²) in [5.74, 6) is 0. The maximum absolute atomic E-state index is 10.4. The third-order valence-electron chi connectivity index (χ3n) is 2.85. The van der Waals surface area contributed by atoms with Crippen LogP contribution in [0.1, 0.15) is 17.2 Å². The molecule has 2 nitrogen and oxygen atoms in total. The van der Waals surface area contributed by atoms with E-state index >= 15 is 0 Å². The van der Waals surface area contributed by atoms with Crippen LogP contribution in [0.3, 0.4) is 0 Å². The van der Waals surface area contributed by atoms with Crippen molar-refractivity contribution in [1.29, 1.82) is 0 Å². The Morgan fingerprint density at radius 1 is 1.00 bits per heavy atom. The molecule has 0 aliphatic carbocycles. The second-order valence-electron chi connectivity index (χ2n) is 4.07. The Kier molecular flexibility index (Phi) is 4.29. The van der Waals surface area contributed by atoms with Gasteiger partial charge in [-0.2, -0.15) is 0 Å². The molecule has 0 amide bonds. The molecule has 0 heterocycles. The average molecular weight is 239 g/mol. The first-order valence-electron chi connectivity index (χ1n) is 6.01. The van der Waals surface area contributed by atoms with Gasteiger partial charge in [0.25, 0.3) is 0 Å². The molecule has 0 bridgehead atoms. The number of rotatable bonds is 4. The van der Waals surface area contributed by atoms with Crippen LogP contribution in [-0.4, -0.2) is 11.7 Å². The van der Waals surface area contributed by atoms with Crippen molar-refractivity contribution in [2.45, 2.75) is 6.10 Å².